The molecule has 1 aromatic rings. The Hall–Kier alpha value is -1.55. The molecule has 0 aliphatic carbocycles. The monoisotopic (exact) mass is 275 g/mol. The summed E-state index contributed by atoms with van der Waals surface area (Å²) in [6, 6.07) is 9.08. The molecule has 110 valence electrons. The minimum atomic E-state index is 0.0457. The molecule has 2 atom stereocenters. The summed E-state index contributed by atoms with van der Waals surface area (Å²) >= 11 is 0. The first-order valence-corrected chi connectivity index (χ1v) is 7.47. The van der Waals surface area contributed by atoms with E-state index in [1.807, 2.05) is 18.2 Å². The van der Waals surface area contributed by atoms with Crippen molar-refractivity contribution < 1.29 is 4.79 Å². The van der Waals surface area contributed by atoms with E-state index in [1.54, 1.807) is 7.05 Å². The summed E-state index contributed by atoms with van der Waals surface area (Å²) in [5, 5.41) is 9.75. The largest absolute Gasteiger partial charge is 0.382 e. The first-order valence-electron chi connectivity index (χ1n) is 7.47. The molecule has 2 rings (SSSR count). The molecule has 1 aliphatic heterocycles. The van der Waals surface area contributed by atoms with Gasteiger partial charge < -0.3 is 16.0 Å². The van der Waals surface area contributed by atoms with Gasteiger partial charge in [-0.1, -0.05) is 18.2 Å². The highest BCUT2D eigenvalue weighted by atomic mass is 16.1. The third kappa shape index (κ3) is 4.23. The van der Waals surface area contributed by atoms with Crippen molar-refractivity contribution in [2.45, 2.75) is 44.7 Å². The molecule has 2 unspecified atom stereocenters. The first kappa shape index (κ1) is 14.9. The second-order valence-electron chi connectivity index (χ2n) is 5.58. The number of likely N-dealkylation sites (N-methyl/N-ethyl adjacent to an activating group) is 1. The van der Waals surface area contributed by atoms with Gasteiger partial charge in [-0.3, -0.25) is 4.79 Å². The lowest BCUT2D eigenvalue weighted by molar-refractivity contribution is -0.119. The lowest BCUT2D eigenvalue weighted by Gasteiger charge is -2.21. The van der Waals surface area contributed by atoms with E-state index in [0.29, 0.717) is 18.5 Å². The molecule has 1 aliphatic rings. The molecule has 0 saturated carbocycles. The maximum absolute atomic E-state index is 11.5. The van der Waals surface area contributed by atoms with Crippen LogP contribution >= 0.6 is 0 Å². The Morgan fingerprint density at radius 2 is 2.25 bits per heavy atom. The molecule has 0 aromatic heterocycles. The van der Waals surface area contributed by atoms with Gasteiger partial charge in [0.15, 0.2) is 0 Å². The second-order valence-corrected chi connectivity index (χ2v) is 5.58. The molecule has 0 bridgehead atoms. The van der Waals surface area contributed by atoms with Crippen LogP contribution in [0.3, 0.4) is 0 Å². The molecule has 1 aromatic carbocycles. The van der Waals surface area contributed by atoms with Gasteiger partial charge in [0, 0.05) is 24.8 Å². The summed E-state index contributed by atoms with van der Waals surface area (Å²) in [5.41, 5.74) is 2.12. The standard InChI is InChI=1S/C16H25N3O/c1-12(10-14-7-5-9-18-14)19-15-8-4-3-6-13(15)11-16(20)17-2/h3-4,6,8,12,14,18-19H,5,7,9-11H2,1-2H3,(H,17,20). The number of para-hydroxylation sites is 1. The highest BCUT2D eigenvalue weighted by molar-refractivity contribution is 5.80. The van der Waals surface area contributed by atoms with Crippen LogP contribution in [-0.2, 0) is 11.2 Å². The van der Waals surface area contributed by atoms with Crippen molar-refractivity contribution in [3.05, 3.63) is 29.8 Å². The van der Waals surface area contributed by atoms with E-state index in [0.717, 1.165) is 24.2 Å². The summed E-state index contributed by atoms with van der Waals surface area (Å²) in [5.74, 6) is 0.0457. The Kier molecular flexibility index (Phi) is 5.41. The number of anilines is 1. The van der Waals surface area contributed by atoms with E-state index in [2.05, 4.69) is 28.9 Å². The number of carbonyl (C=O) groups is 1. The lowest BCUT2D eigenvalue weighted by atomic mass is 10.0. The number of carbonyl (C=O) groups excluding carboxylic acids is 1. The van der Waals surface area contributed by atoms with Gasteiger partial charge in [-0.15, -0.1) is 0 Å². The van der Waals surface area contributed by atoms with E-state index in [4.69, 9.17) is 0 Å². The van der Waals surface area contributed by atoms with Gasteiger partial charge in [-0.25, -0.2) is 0 Å². The van der Waals surface area contributed by atoms with Crippen molar-refractivity contribution in [3.8, 4) is 0 Å². The number of benzene rings is 1. The summed E-state index contributed by atoms with van der Waals surface area (Å²) in [4.78, 5) is 11.5. The maximum Gasteiger partial charge on any atom is 0.224 e. The van der Waals surface area contributed by atoms with Crippen molar-refractivity contribution in [1.29, 1.82) is 0 Å². The Bertz CT molecular complexity index is 441. The molecular formula is C16H25N3O. The molecule has 3 N–H and O–H groups in total. The number of nitrogens with one attached hydrogen (secondary N) is 3. The van der Waals surface area contributed by atoms with Crippen molar-refractivity contribution in [2.24, 2.45) is 0 Å². The van der Waals surface area contributed by atoms with Crippen molar-refractivity contribution >= 4 is 11.6 Å². The van der Waals surface area contributed by atoms with Gasteiger partial charge in [-0.2, -0.15) is 0 Å². The van der Waals surface area contributed by atoms with Crippen LogP contribution in [0.1, 0.15) is 31.7 Å². The summed E-state index contributed by atoms with van der Waals surface area (Å²) < 4.78 is 0. The van der Waals surface area contributed by atoms with Gasteiger partial charge in [0.2, 0.25) is 5.91 Å². The Morgan fingerprint density at radius 3 is 2.95 bits per heavy atom. The van der Waals surface area contributed by atoms with Crippen LogP contribution in [0, 0.1) is 0 Å². The van der Waals surface area contributed by atoms with Crippen molar-refractivity contribution in [1.82, 2.24) is 10.6 Å². The van der Waals surface area contributed by atoms with E-state index in [-0.39, 0.29) is 5.91 Å². The quantitative estimate of drug-likeness (QED) is 0.743. The summed E-state index contributed by atoms with van der Waals surface area (Å²) in [6.07, 6.45) is 4.10. The topological polar surface area (TPSA) is 53.2 Å². The molecule has 1 heterocycles. The maximum atomic E-state index is 11.5. The highest BCUT2D eigenvalue weighted by Gasteiger charge is 2.17. The van der Waals surface area contributed by atoms with Gasteiger partial charge in [0.1, 0.15) is 0 Å². The zero-order valence-electron chi connectivity index (χ0n) is 12.4. The average Bonchev–Trinajstić information content (AvgIpc) is 2.93. The Balaban J connectivity index is 1.95. The third-order valence-corrected chi connectivity index (χ3v) is 3.85. The van der Waals surface area contributed by atoms with Crippen LogP contribution in [0.25, 0.3) is 0 Å². The number of hydrogen-bond donors (Lipinski definition) is 3. The minimum Gasteiger partial charge on any atom is -0.382 e. The van der Waals surface area contributed by atoms with Crippen molar-refractivity contribution in [3.63, 3.8) is 0 Å². The molecule has 1 saturated heterocycles. The number of rotatable bonds is 6. The number of amides is 1. The van der Waals surface area contributed by atoms with Crippen LogP contribution in [-0.4, -0.2) is 31.6 Å². The average molecular weight is 275 g/mol. The molecule has 4 heteroatoms. The van der Waals surface area contributed by atoms with E-state index in [9.17, 15) is 4.79 Å². The number of hydrogen-bond acceptors (Lipinski definition) is 3. The van der Waals surface area contributed by atoms with Gasteiger partial charge in [0.05, 0.1) is 6.42 Å². The van der Waals surface area contributed by atoms with Crippen molar-refractivity contribution in [2.75, 3.05) is 18.9 Å². The fourth-order valence-corrected chi connectivity index (χ4v) is 2.79. The molecule has 1 amide bonds. The second kappa shape index (κ2) is 7.29. The fraction of sp³-hybridized carbons (Fsp3) is 0.562. The lowest BCUT2D eigenvalue weighted by Crippen LogP contribution is -2.29. The third-order valence-electron chi connectivity index (χ3n) is 3.85. The van der Waals surface area contributed by atoms with Crippen LogP contribution in [0.4, 0.5) is 5.69 Å². The Labute approximate surface area is 121 Å². The predicted octanol–water partition coefficient (Wildman–Crippen LogP) is 1.92. The van der Waals surface area contributed by atoms with Crippen LogP contribution in [0.5, 0.6) is 0 Å². The summed E-state index contributed by atoms with van der Waals surface area (Å²) in [7, 11) is 1.67. The molecule has 0 radical (unpaired) electrons. The van der Waals surface area contributed by atoms with Gasteiger partial charge >= 0.3 is 0 Å². The smallest absolute Gasteiger partial charge is 0.224 e. The fourth-order valence-electron chi connectivity index (χ4n) is 2.79. The molecule has 0 spiro atoms. The minimum absolute atomic E-state index is 0.0457. The molecule has 1 fully saturated rings. The van der Waals surface area contributed by atoms with Crippen LogP contribution in [0.15, 0.2) is 24.3 Å². The van der Waals surface area contributed by atoms with E-state index in [1.165, 1.54) is 12.8 Å². The SMILES string of the molecule is CNC(=O)Cc1ccccc1NC(C)CC1CCCN1. The van der Waals surface area contributed by atoms with Crippen LogP contribution in [0.2, 0.25) is 0 Å². The summed E-state index contributed by atoms with van der Waals surface area (Å²) in [6.45, 7) is 3.35. The predicted molar refractivity (Wildman–Crippen MR) is 82.9 cm³/mol. The molecule has 4 nitrogen and oxygen atoms in total. The zero-order chi connectivity index (χ0) is 14.4. The van der Waals surface area contributed by atoms with E-state index < -0.39 is 0 Å². The Morgan fingerprint density at radius 1 is 1.45 bits per heavy atom. The van der Waals surface area contributed by atoms with Gasteiger partial charge in [-0.05, 0) is 44.4 Å². The van der Waals surface area contributed by atoms with E-state index >= 15 is 0 Å². The molecule has 20 heavy (non-hydrogen) atoms. The van der Waals surface area contributed by atoms with Crippen LogP contribution < -0.4 is 16.0 Å². The molecular weight excluding hydrogens is 250 g/mol. The highest BCUT2D eigenvalue weighted by Crippen LogP contribution is 2.19. The normalized spacial score (nSPS) is 19.6. The van der Waals surface area contributed by atoms with Gasteiger partial charge in [0.25, 0.3) is 0 Å². The zero-order valence-corrected chi connectivity index (χ0v) is 12.4. The first-order chi connectivity index (χ1) is 9.69.